The average molecular weight is 547 g/mol. The number of nitrogen functional groups attached to an aromatic ring is 1. The lowest BCUT2D eigenvalue weighted by Crippen LogP contribution is -2.40. The fourth-order valence-electron chi connectivity index (χ4n) is 4.96. The van der Waals surface area contributed by atoms with Gasteiger partial charge in [-0.05, 0) is 62.8 Å². The number of ether oxygens (including phenoxy) is 1. The van der Waals surface area contributed by atoms with Crippen LogP contribution in [0.4, 0.5) is 5.82 Å². The van der Waals surface area contributed by atoms with Gasteiger partial charge in [0, 0.05) is 42.5 Å². The Kier molecular flexibility index (Phi) is 7.72. The Morgan fingerprint density at radius 3 is 2.77 bits per heavy atom. The molecule has 39 heavy (non-hydrogen) atoms. The molecular formula is C29H31ClN6O3. The Balaban J connectivity index is 1.46. The second kappa shape index (κ2) is 11.3. The Labute approximate surface area is 231 Å². The Morgan fingerprint density at radius 1 is 1.23 bits per heavy atom. The molecule has 0 aliphatic carbocycles. The number of halogens is 1. The van der Waals surface area contributed by atoms with E-state index >= 15 is 0 Å². The van der Waals surface area contributed by atoms with Crippen LogP contribution in [0.2, 0.25) is 5.02 Å². The minimum Gasteiger partial charge on any atom is -0.457 e. The molecule has 2 aromatic carbocycles. The van der Waals surface area contributed by atoms with E-state index in [4.69, 9.17) is 22.1 Å². The number of nitrogens with two attached hydrogens (primary N) is 1. The van der Waals surface area contributed by atoms with Crippen LogP contribution in [0.5, 0.6) is 11.5 Å². The Morgan fingerprint density at radius 2 is 2.03 bits per heavy atom. The van der Waals surface area contributed by atoms with Gasteiger partial charge in [0.25, 0.3) is 5.56 Å². The lowest BCUT2D eigenvalue weighted by Gasteiger charge is -2.33. The number of likely N-dealkylation sites (tertiary alicyclic amines) is 1. The summed E-state index contributed by atoms with van der Waals surface area (Å²) >= 11 is 6.07. The number of amides is 1. The monoisotopic (exact) mass is 546 g/mol. The van der Waals surface area contributed by atoms with E-state index in [0.717, 1.165) is 24.0 Å². The zero-order chi connectivity index (χ0) is 27.5. The SMILES string of the molecule is CN(C)CC=CC(=O)N1CCCC(n2cc(-c3ccc(Oc4cccc(Cl)c4)cc3)c3c(N)n[nH]c(=O)c32)C1. The van der Waals surface area contributed by atoms with Gasteiger partial charge >= 0.3 is 0 Å². The van der Waals surface area contributed by atoms with Crippen molar-refractivity contribution in [3.63, 3.8) is 0 Å². The number of hydrogen-bond acceptors (Lipinski definition) is 6. The quantitative estimate of drug-likeness (QED) is 0.325. The van der Waals surface area contributed by atoms with Gasteiger partial charge in [-0.3, -0.25) is 9.59 Å². The van der Waals surface area contributed by atoms with Crippen LogP contribution >= 0.6 is 11.6 Å². The highest BCUT2D eigenvalue weighted by molar-refractivity contribution is 6.30. The fraction of sp³-hybridized carbons (Fsp3) is 0.276. The summed E-state index contributed by atoms with van der Waals surface area (Å²) in [6.45, 7) is 1.88. The molecule has 0 saturated carbocycles. The van der Waals surface area contributed by atoms with Crippen LogP contribution in [0.25, 0.3) is 22.0 Å². The summed E-state index contributed by atoms with van der Waals surface area (Å²) in [6, 6.07) is 14.7. The van der Waals surface area contributed by atoms with E-state index in [1.54, 1.807) is 18.2 Å². The first-order chi connectivity index (χ1) is 18.8. The molecule has 2 aromatic heterocycles. The molecule has 9 nitrogen and oxygen atoms in total. The topological polar surface area (TPSA) is 109 Å². The minimum absolute atomic E-state index is 0.0244. The number of carbonyl (C=O) groups excluding carboxylic acids is 1. The predicted molar refractivity (Wildman–Crippen MR) is 154 cm³/mol. The van der Waals surface area contributed by atoms with Crippen LogP contribution in [0.3, 0.4) is 0 Å². The second-order valence-electron chi connectivity index (χ2n) is 9.94. The maximum atomic E-state index is 13.0. The number of benzene rings is 2. The van der Waals surface area contributed by atoms with E-state index in [2.05, 4.69) is 10.2 Å². The number of carbonyl (C=O) groups is 1. The number of nitrogens with zero attached hydrogens (tertiary/aromatic N) is 4. The van der Waals surface area contributed by atoms with E-state index in [1.165, 1.54) is 0 Å². The number of nitrogens with one attached hydrogen (secondary N) is 1. The van der Waals surface area contributed by atoms with E-state index < -0.39 is 0 Å². The number of aromatic amines is 1. The third-order valence-electron chi connectivity index (χ3n) is 6.81. The molecule has 1 atom stereocenters. The van der Waals surface area contributed by atoms with Gasteiger partial charge in [0.05, 0.1) is 11.4 Å². The van der Waals surface area contributed by atoms with Crippen molar-refractivity contribution in [1.29, 1.82) is 0 Å². The molecule has 10 heteroatoms. The van der Waals surface area contributed by atoms with Crippen molar-refractivity contribution < 1.29 is 9.53 Å². The lowest BCUT2D eigenvalue weighted by atomic mass is 10.1. The van der Waals surface area contributed by atoms with Gasteiger partial charge in [-0.15, -0.1) is 0 Å². The number of aromatic nitrogens is 3. The molecule has 1 aliphatic heterocycles. The lowest BCUT2D eigenvalue weighted by molar-refractivity contribution is -0.127. The van der Waals surface area contributed by atoms with E-state index in [-0.39, 0.29) is 23.3 Å². The predicted octanol–water partition coefficient (Wildman–Crippen LogP) is 4.70. The summed E-state index contributed by atoms with van der Waals surface area (Å²) in [5.41, 5.74) is 8.10. The highest BCUT2D eigenvalue weighted by Gasteiger charge is 2.27. The first-order valence-corrected chi connectivity index (χ1v) is 13.2. The molecule has 0 radical (unpaired) electrons. The highest BCUT2D eigenvalue weighted by Crippen LogP contribution is 2.36. The summed E-state index contributed by atoms with van der Waals surface area (Å²) in [4.78, 5) is 29.7. The van der Waals surface area contributed by atoms with Crippen molar-refractivity contribution >= 4 is 34.2 Å². The molecule has 1 unspecified atom stereocenters. The largest absolute Gasteiger partial charge is 0.457 e. The van der Waals surface area contributed by atoms with Crippen LogP contribution in [0.1, 0.15) is 18.9 Å². The number of hydrogen-bond donors (Lipinski definition) is 2. The van der Waals surface area contributed by atoms with Crippen molar-refractivity contribution in [2.45, 2.75) is 18.9 Å². The second-order valence-corrected chi connectivity index (χ2v) is 10.4. The van der Waals surface area contributed by atoms with E-state index in [9.17, 15) is 9.59 Å². The summed E-state index contributed by atoms with van der Waals surface area (Å²) in [5.74, 6) is 1.51. The average Bonchev–Trinajstić information content (AvgIpc) is 3.33. The number of rotatable bonds is 7. The van der Waals surface area contributed by atoms with Crippen LogP contribution in [0.15, 0.2) is 71.7 Å². The molecule has 202 valence electrons. The van der Waals surface area contributed by atoms with Gasteiger partial charge in [-0.1, -0.05) is 35.9 Å². The molecule has 0 spiro atoms. The number of H-pyrrole nitrogens is 1. The third kappa shape index (κ3) is 5.84. The standard InChI is InChI=1S/C29H31ClN6O3/c1-34(2)14-5-9-25(37)35-15-4-7-21(17-35)36-18-24(26-27(36)29(38)33-32-28(26)31)19-10-12-22(13-11-19)39-23-8-3-6-20(30)16-23/h3,5-6,8-13,16,18,21H,4,7,14-15,17H2,1-2H3,(H2,31,32)(H,33,38). The van der Waals surface area contributed by atoms with E-state index in [1.807, 2.05) is 77.1 Å². The molecule has 4 aromatic rings. The van der Waals surface area contributed by atoms with Crippen molar-refractivity contribution in [2.24, 2.45) is 0 Å². The summed E-state index contributed by atoms with van der Waals surface area (Å²) in [5, 5.41) is 7.75. The maximum Gasteiger partial charge on any atom is 0.288 e. The molecule has 1 saturated heterocycles. The zero-order valence-electron chi connectivity index (χ0n) is 21.9. The smallest absolute Gasteiger partial charge is 0.288 e. The molecule has 1 amide bonds. The summed E-state index contributed by atoms with van der Waals surface area (Å²) in [6.07, 6.45) is 7.12. The van der Waals surface area contributed by atoms with Crippen molar-refractivity contribution in [3.05, 3.63) is 82.3 Å². The summed E-state index contributed by atoms with van der Waals surface area (Å²) in [7, 11) is 3.91. The number of piperidine rings is 1. The molecular weight excluding hydrogens is 516 g/mol. The zero-order valence-corrected chi connectivity index (χ0v) is 22.7. The van der Waals surface area contributed by atoms with E-state index in [0.29, 0.717) is 47.1 Å². The van der Waals surface area contributed by atoms with Crippen LogP contribution in [-0.4, -0.2) is 64.2 Å². The number of anilines is 1. The normalized spacial score (nSPS) is 15.9. The molecule has 5 rings (SSSR count). The Hall–Kier alpha value is -4.08. The van der Waals surface area contributed by atoms with Crippen LogP contribution in [0, 0.1) is 0 Å². The van der Waals surface area contributed by atoms with Gasteiger partial charge in [0.1, 0.15) is 17.0 Å². The molecule has 3 N–H and O–H groups in total. The van der Waals surface area contributed by atoms with Crippen molar-refractivity contribution in [3.8, 4) is 22.6 Å². The fourth-order valence-corrected chi connectivity index (χ4v) is 5.14. The first-order valence-electron chi connectivity index (χ1n) is 12.8. The molecule has 1 aliphatic rings. The number of fused-ring (bicyclic) bond motifs is 1. The van der Waals surface area contributed by atoms with Gasteiger partial charge in [0.2, 0.25) is 5.91 Å². The first kappa shape index (κ1) is 26.5. The van der Waals surface area contributed by atoms with Crippen LogP contribution < -0.4 is 16.0 Å². The summed E-state index contributed by atoms with van der Waals surface area (Å²) < 4.78 is 7.89. The van der Waals surface area contributed by atoms with Crippen molar-refractivity contribution in [2.75, 3.05) is 39.5 Å². The van der Waals surface area contributed by atoms with Crippen LogP contribution in [-0.2, 0) is 4.79 Å². The maximum absolute atomic E-state index is 13.0. The van der Waals surface area contributed by atoms with Gasteiger partial charge in [-0.25, -0.2) is 5.10 Å². The molecule has 3 heterocycles. The van der Waals surface area contributed by atoms with Gasteiger partial charge in [0.15, 0.2) is 5.82 Å². The van der Waals surface area contributed by atoms with Gasteiger partial charge < -0.3 is 24.8 Å². The minimum atomic E-state index is -0.319. The van der Waals surface area contributed by atoms with Crippen molar-refractivity contribution in [1.82, 2.24) is 24.6 Å². The molecule has 0 bridgehead atoms. The highest BCUT2D eigenvalue weighted by atomic mass is 35.5. The third-order valence-corrected chi connectivity index (χ3v) is 7.05. The van der Waals surface area contributed by atoms with Gasteiger partial charge in [-0.2, -0.15) is 5.10 Å². The Bertz CT molecular complexity index is 1570. The number of likely N-dealkylation sites (N-methyl/N-ethyl adjacent to an activating group) is 1. The molecule has 1 fully saturated rings.